The molecule has 0 radical (unpaired) electrons. The van der Waals surface area contributed by atoms with E-state index in [0.717, 1.165) is 17.9 Å². The Morgan fingerprint density at radius 1 is 1.33 bits per heavy atom. The van der Waals surface area contributed by atoms with Crippen molar-refractivity contribution in [2.24, 2.45) is 11.3 Å². The van der Waals surface area contributed by atoms with Crippen molar-refractivity contribution in [2.45, 2.75) is 57.4 Å². The molecule has 0 aromatic heterocycles. The smallest absolute Gasteiger partial charge is 0.124 e. The van der Waals surface area contributed by atoms with Gasteiger partial charge in [-0.1, -0.05) is 12.5 Å². The monoisotopic (exact) mass is 331 g/mol. The summed E-state index contributed by atoms with van der Waals surface area (Å²) in [5.74, 6) is 1.61. The molecule has 132 valence electrons. The van der Waals surface area contributed by atoms with E-state index in [1.165, 1.54) is 31.2 Å². The highest BCUT2D eigenvalue weighted by Crippen LogP contribution is 2.63. The molecular weight excluding hydrogens is 302 g/mol. The Labute approximate surface area is 144 Å². The van der Waals surface area contributed by atoms with E-state index in [2.05, 4.69) is 30.4 Å². The zero-order valence-corrected chi connectivity index (χ0v) is 15.0. The molecular formula is C20H29NO3. The van der Waals surface area contributed by atoms with E-state index >= 15 is 0 Å². The fourth-order valence-corrected chi connectivity index (χ4v) is 5.20. The first kappa shape index (κ1) is 16.4. The van der Waals surface area contributed by atoms with E-state index in [1.807, 2.05) is 0 Å². The molecule has 24 heavy (non-hydrogen) atoms. The molecule has 4 heteroatoms. The van der Waals surface area contributed by atoms with Crippen molar-refractivity contribution >= 4 is 0 Å². The lowest BCUT2D eigenvalue weighted by Gasteiger charge is -2.64. The fraction of sp³-hybridized carbons (Fsp3) is 0.700. The van der Waals surface area contributed by atoms with Crippen LogP contribution in [0.25, 0.3) is 0 Å². The van der Waals surface area contributed by atoms with Crippen molar-refractivity contribution in [1.29, 1.82) is 0 Å². The van der Waals surface area contributed by atoms with Crippen molar-refractivity contribution in [3.8, 4) is 5.75 Å². The second-order valence-electron chi connectivity index (χ2n) is 7.70. The molecule has 4 rings (SSSR count). The molecule has 0 amide bonds. The molecule has 4 nitrogen and oxygen atoms in total. The SMILES string of the molecule is COCc1cc([C@H](C)N[C@@H]2[C@H]3CCO[C@H]3C23CCC3)ccc1OC. The summed E-state index contributed by atoms with van der Waals surface area (Å²) in [5, 5.41) is 3.94. The first-order chi connectivity index (χ1) is 11.7. The van der Waals surface area contributed by atoms with Gasteiger partial charge in [0.2, 0.25) is 0 Å². The summed E-state index contributed by atoms with van der Waals surface area (Å²) < 4.78 is 16.8. The van der Waals surface area contributed by atoms with E-state index in [0.29, 0.717) is 36.1 Å². The molecule has 3 aliphatic rings. The van der Waals surface area contributed by atoms with E-state index in [4.69, 9.17) is 14.2 Å². The Bertz CT molecular complexity index is 599. The van der Waals surface area contributed by atoms with Crippen LogP contribution >= 0.6 is 0 Å². The molecule has 1 heterocycles. The van der Waals surface area contributed by atoms with Gasteiger partial charge in [-0.2, -0.15) is 0 Å². The highest BCUT2D eigenvalue weighted by Gasteiger charge is 2.66. The average molecular weight is 331 g/mol. The first-order valence-corrected chi connectivity index (χ1v) is 9.23. The van der Waals surface area contributed by atoms with E-state index in [1.54, 1.807) is 14.2 Å². The summed E-state index contributed by atoms with van der Waals surface area (Å²) >= 11 is 0. The van der Waals surface area contributed by atoms with Gasteiger partial charge in [0, 0.05) is 42.7 Å². The molecule has 1 aromatic carbocycles. The summed E-state index contributed by atoms with van der Waals surface area (Å²) in [6.07, 6.45) is 5.76. The van der Waals surface area contributed by atoms with Crippen LogP contribution in [0.5, 0.6) is 5.75 Å². The minimum absolute atomic E-state index is 0.329. The van der Waals surface area contributed by atoms with Gasteiger partial charge < -0.3 is 19.5 Å². The van der Waals surface area contributed by atoms with E-state index in [-0.39, 0.29) is 0 Å². The second kappa shape index (κ2) is 6.32. The Hall–Kier alpha value is -1.10. The molecule has 2 saturated carbocycles. The largest absolute Gasteiger partial charge is 0.496 e. The molecule has 3 fully saturated rings. The maximum Gasteiger partial charge on any atom is 0.124 e. The number of nitrogens with one attached hydrogen (secondary N) is 1. The Morgan fingerprint density at radius 3 is 2.83 bits per heavy atom. The van der Waals surface area contributed by atoms with Crippen LogP contribution in [-0.2, 0) is 16.1 Å². The number of rotatable bonds is 6. The summed E-state index contributed by atoms with van der Waals surface area (Å²) in [4.78, 5) is 0. The van der Waals surface area contributed by atoms with Crippen molar-refractivity contribution in [3.63, 3.8) is 0 Å². The minimum atomic E-state index is 0.329. The standard InChI is InChI=1S/C20H29NO3/c1-13(14-5-6-17(23-3)15(11-14)12-22-2)21-18-16-7-10-24-19(16)20(18)8-4-9-20/h5-6,11,13,16,18-19,21H,4,7-10,12H2,1-3H3/t13-,16+,18+,19+/m0/s1. The van der Waals surface area contributed by atoms with Crippen molar-refractivity contribution in [2.75, 3.05) is 20.8 Å². The average Bonchev–Trinajstić information content (AvgIpc) is 2.96. The molecule has 0 unspecified atom stereocenters. The molecule has 2 aliphatic carbocycles. The van der Waals surface area contributed by atoms with Gasteiger partial charge in [-0.05, 0) is 43.9 Å². The van der Waals surface area contributed by atoms with Gasteiger partial charge >= 0.3 is 0 Å². The third kappa shape index (κ3) is 2.39. The normalized spacial score (nSPS) is 31.2. The predicted octanol–water partition coefficient (Wildman–Crippen LogP) is 3.45. The molecule has 1 spiro atoms. The molecule has 1 aromatic rings. The number of hydrogen-bond acceptors (Lipinski definition) is 4. The van der Waals surface area contributed by atoms with E-state index < -0.39 is 0 Å². The van der Waals surface area contributed by atoms with Crippen LogP contribution in [-0.4, -0.2) is 33.0 Å². The predicted molar refractivity (Wildman–Crippen MR) is 93.2 cm³/mol. The molecule has 1 aliphatic heterocycles. The van der Waals surface area contributed by atoms with Crippen molar-refractivity contribution < 1.29 is 14.2 Å². The molecule has 4 atom stereocenters. The lowest BCUT2D eigenvalue weighted by atomic mass is 9.46. The van der Waals surface area contributed by atoms with Gasteiger partial charge in [0.25, 0.3) is 0 Å². The highest BCUT2D eigenvalue weighted by molar-refractivity contribution is 5.38. The van der Waals surface area contributed by atoms with Crippen molar-refractivity contribution in [1.82, 2.24) is 5.32 Å². The number of hydrogen-bond donors (Lipinski definition) is 1. The Balaban J connectivity index is 1.50. The number of fused-ring (bicyclic) bond motifs is 2. The summed E-state index contributed by atoms with van der Waals surface area (Å²) in [6, 6.07) is 7.39. The van der Waals surface area contributed by atoms with Crippen LogP contribution in [0.4, 0.5) is 0 Å². The van der Waals surface area contributed by atoms with Gasteiger partial charge in [-0.15, -0.1) is 0 Å². The van der Waals surface area contributed by atoms with Gasteiger partial charge in [0.15, 0.2) is 0 Å². The summed E-state index contributed by atoms with van der Waals surface area (Å²) in [7, 11) is 3.44. The van der Waals surface area contributed by atoms with Crippen LogP contribution in [0.15, 0.2) is 18.2 Å². The van der Waals surface area contributed by atoms with Gasteiger partial charge in [-0.25, -0.2) is 0 Å². The number of ether oxygens (including phenoxy) is 3. The maximum atomic E-state index is 6.04. The fourth-order valence-electron chi connectivity index (χ4n) is 5.20. The summed E-state index contributed by atoms with van der Waals surface area (Å²) in [5.41, 5.74) is 2.84. The topological polar surface area (TPSA) is 39.7 Å². The molecule has 1 saturated heterocycles. The van der Waals surface area contributed by atoms with Crippen LogP contribution in [0.1, 0.15) is 49.8 Å². The second-order valence-corrected chi connectivity index (χ2v) is 7.70. The van der Waals surface area contributed by atoms with E-state index in [9.17, 15) is 0 Å². The highest BCUT2D eigenvalue weighted by atomic mass is 16.5. The van der Waals surface area contributed by atoms with Gasteiger partial charge in [0.1, 0.15) is 5.75 Å². The quantitative estimate of drug-likeness (QED) is 0.867. The van der Waals surface area contributed by atoms with Gasteiger partial charge in [0.05, 0.1) is 19.8 Å². The lowest BCUT2D eigenvalue weighted by Crippen LogP contribution is -2.71. The zero-order valence-electron chi connectivity index (χ0n) is 15.0. The maximum absolute atomic E-state index is 6.04. The third-order valence-corrected chi connectivity index (χ3v) is 6.57. The molecule has 1 N–H and O–H groups in total. The zero-order chi connectivity index (χ0) is 16.7. The van der Waals surface area contributed by atoms with Gasteiger partial charge in [-0.3, -0.25) is 0 Å². The Kier molecular flexibility index (Phi) is 4.31. The number of methoxy groups -OCH3 is 2. The first-order valence-electron chi connectivity index (χ1n) is 9.23. The van der Waals surface area contributed by atoms with Crippen LogP contribution < -0.4 is 10.1 Å². The Morgan fingerprint density at radius 2 is 2.17 bits per heavy atom. The molecule has 0 bridgehead atoms. The lowest BCUT2D eigenvalue weighted by molar-refractivity contribution is -0.178. The van der Waals surface area contributed by atoms with Crippen LogP contribution in [0, 0.1) is 11.3 Å². The van der Waals surface area contributed by atoms with Crippen LogP contribution in [0.3, 0.4) is 0 Å². The van der Waals surface area contributed by atoms with Crippen molar-refractivity contribution in [3.05, 3.63) is 29.3 Å². The number of benzene rings is 1. The van der Waals surface area contributed by atoms with Crippen LogP contribution in [0.2, 0.25) is 0 Å². The minimum Gasteiger partial charge on any atom is -0.496 e. The third-order valence-electron chi connectivity index (χ3n) is 6.57. The summed E-state index contributed by atoms with van der Waals surface area (Å²) in [6.45, 7) is 3.80.